The van der Waals surface area contributed by atoms with Crippen molar-refractivity contribution in [3.8, 4) is 0 Å². The molecule has 0 saturated carbocycles. The average Bonchev–Trinajstić information content (AvgIpc) is 2.61. The van der Waals surface area contributed by atoms with Gasteiger partial charge >= 0.3 is 10.1 Å². The van der Waals surface area contributed by atoms with Crippen LogP contribution in [0.15, 0.2) is 21.6 Å². The van der Waals surface area contributed by atoms with Gasteiger partial charge < -0.3 is 4.42 Å². The highest BCUT2D eigenvalue weighted by atomic mass is 32.2. The molecule has 4 nitrogen and oxygen atoms in total. The first kappa shape index (κ1) is 13.3. The summed E-state index contributed by atoms with van der Waals surface area (Å²) in [5.74, 6) is 1.20. The highest BCUT2D eigenvalue weighted by Gasteiger charge is 2.22. The van der Waals surface area contributed by atoms with Gasteiger partial charge in [-0.25, -0.2) is 0 Å². The van der Waals surface area contributed by atoms with Crippen molar-refractivity contribution in [1.82, 2.24) is 0 Å². The minimum atomic E-state index is -4.22. The van der Waals surface area contributed by atoms with Crippen molar-refractivity contribution in [3.05, 3.63) is 17.9 Å². The van der Waals surface area contributed by atoms with E-state index in [4.69, 9.17) is 8.97 Å². The van der Waals surface area contributed by atoms with E-state index in [0.717, 1.165) is 12.8 Å². The van der Waals surface area contributed by atoms with Crippen molar-refractivity contribution in [1.29, 1.82) is 0 Å². The van der Waals surface area contributed by atoms with Crippen LogP contribution < -0.4 is 0 Å². The fourth-order valence-electron chi connectivity index (χ4n) is 1.79. The molecule has 1 aromatic heterocycles. The van der Waals surface area contributed by atoms with Gasteiger partial charge in [-0.15, -0.1) is 0 Å². The van der Waals surface area contributed by atoms with E-state index in [9.17, 15) is 8.42 Å². The molecule has 16 heavy (non-hydrogen) atoms. The predicted molar refractivity (Wildman–Crippen MR) is 61.0 cm³/mol. The smallest absolute Gasteiger partial charge is 0.328 e. The van der Waals surface area contributed by atoms with Crippen molar-refractivity contribution in [2.24, 2.45) is 5.92 Å². The van der Waals surface area contributed by atoms with Crippen LogP contribution in [0.25, 0.3) is 0 Å². The highest BCUT2D eigenvalue weighted by molar-refractivity contribution is 7.85. The number of rotatable bonds is 5. The molecule has 5 heteroatoms. The Morgan fingerprint density at radius 3 is 2.38 bits per heavy atom. The zero-order valence-electron chi connectivity index (χ0n) is 9.80. The topological polar surface area (TPSA) is 67.5 Å². The standard InChI is InChI=1S/C11H18O4S/c1-4-5-9(8(2)3)10-6-7-11(15-10)16(12,13)14/h6-9H,4-5H2,1-3H3,(H,12,13,14). The van der Waals surface area contributed by atoms with E-state index >= 15 is 0 Å². The maximum Gasteiger partial charge on any atom is 0.328 e. The molecule has 1 rings (SSSR count). The molecule has 0 spiro atoms. The van der Waals surface area contributed by atoms with E-state index in [2.05, 4.69) is 20.8 Å². The monoisotopic (exact) mass is 246 g/mol. The third-order valence-corrected chi connectivity index (χ3v) is 3.35. The van der Waals surface area contributed by atoms with Crippen LogP contribution in [0.2, 0.25) is 0 Å². The van der Waals surface area contributed by atoms with Gasteiger partial charge in [0.1, 0.15) is 5.76 Å². The molecule has 92 valence electrons. The van der Waals surface area contributed by atoms with Gasteiger partial charge in [-0.1, -0.05) is 27.2 Å². The fourth-order valence-corrected chi connectivity index (χ4v) is 2.23. The Morgan fingerprint density at radius 2 is 2.00 bits per heavy atom. The molecule has 1 unspecified atom stereocenters. The maximum absolute atomic E-state index is 10.9. The average molecular weight is 246 g/mol. The summed E-state index contributed by atoms with van der Waals surface area (Å²) < 4.78 is 35.7. The Labute approximate surface area is 96.4 Å². The van der Waals surface area contributed by atoms with Gasteiger partial charge in [-0.05, 0) is 24.5 Å². The second-order valence-electron chi connectivity index (χ2n) is 4.27. The van der Waals surface area contributed by atoms with Crippen molar-refractivity contribution in [2.75, 3.05) is 0 Å². The quantitative estimate of drug-likeness (QED) is 0.811. The lowest BCUT2D eigenvalue weighted by Gasteiger charge is -2.17. The summed E-state index contributed by atoms with van der Waals surface area (Å²) in [4.78, 5) is 0. The molecule has 0 bridgehead atoms. The Kier molecular flexibility index (Phi) is 4.15. The number of hydrogen-bond acceptors (Lipinski definition) is 3. The van der Waals surface area contributed by atoms with Crippen LogP contribution in [0.5, 0.6) is 0 Å². The van der Waals surface area contributed by atoms with Crippen LogP contribution >= 0.6 is 0 Å². The summed E-state index contributed by atoms with van der Waals surface area (Å²) in [7, 11) is -4.22. The Bertz CT molecular complexity index is 431. The Morgan fingerprint density at radius 1 is 1.38 bits per heavy atom. The fraction of sp³-hybridized carbons (Fsp3) is 0.636. The third kappa shape index (κ3) is 3.09. The minimum absolute atomic E-state index is 0.195. The zero-order valence-corrected chi connectivity index (χ0v) is 10.6. The molecule has 0 amide bonds. The predicted octanol–water partition coefficient (Wildman–Crippen LogP) is 3.07. The summed E-state index contributed by atoms with van der Waals surface area (Å²) in [5, 5.41) is -0.371. The van der Waals surface area contributed by atoms with Crippen LogP contribution in [0.4, 0.5) is 0 Å². The molecule has 0 aliphatic heterocycles. The molecular formula is C11H18O4S. The molecular weight excluding hydrogens is 228 g/mol. The van der Waals surface area contributed by atoms with Crippen LogP contribution in [0, 0.1) is 5.92 Å². The second kappa shape index (κ2) is 5.01. The number of hydrogen-bond donors (Lipinski definition) is 1. The van der Waals surface area contributed by atoms with Crippen LogP contribution in [0.3, 0.4) is 0 Å². The third-order valence-electron chi connectivity index (χ3n) is 2.63. The Balaban J connectivity index is 2.99. The van der Waals surface area contributed by atoms with Gasteiger partial charge in [-0.3, -0.25) is 4.55 Å². The van der Waals surface area contributed by atoms with Gasteiger partial charge in [0.2, 0.25) is 5.09 Å². The normalized spacial score (nSPS) is 14.3. The van der Waals surface area contributed by atoms with Gasteiger partial charge in [0.25, 0.3) is 0 Å². The van der Waals surface area contributed by atoms with Gasteiger partial charge in [0.15, 0.2) is 0 Å². The maximum atomic E-state index is 10.9. The molecule has 0 radical (unpaired) electrons. The van der Waals surface area contributed by atoms with Crippen molar-refractivity contribution in [3.63, 3.8) is 0 Å². The molecule has 1 heterocycles. The summed E-state index contributed by atoms with van der Waals surface area (Å²) in [6, 6.07) is 2.93. The first-order valence-corrected chi connectivity index (χ1v) is 6.87. The van der Waals surface area contributed by atoms with E-state index in [1.165, 1.54) is 6.07 Å². The summed E-state index contributed by atoms with van der Waals surface area (Å²) in [6.45, 7) is 6.20. The molecule has 1 aromatic rings. The molecule has 0 saturated heterocycles. The molecule has 1 N–H and O–H groups in total. The van der Waals surface area contributed by atoms with Crippen LogP contribution in [-0.4, -0.2) is 13.0 Å². The minimum Gasteiger partial charge on any atom is -0.447 e. The molecule has 1 atom stereocenters. The lowest BCUT2D eigenvalue weighted by atomic mass is 9.89. The van der Waals surface area contributed by atoms with E-state index in [-0.39, 0.29) is 11.0 Å². The second-order valence-corrected chi connectivity index (χ2v) is 5.62. The molecule has 0 fully saturated rings. The molecule has 0 aliphatic rings. The van der Waals surface area contributed by atoms with Crippen LogP contribution in [-0.2, 0) is 10.1 Å². The summed E-state index contributed by atoms with van der Waals surface area (Å²) in [6.07, 6.45) is 1.95. The van der Waals surface area contributed by atoms with E-state index in [1.807, 2.05) is 0 Å². The van der Waals surface area contributed by atoms with Gasteiger partial charge in [0.05, 0.1) is 0 Å². The van der Waals surface area contributed by atoms with Gasteiger partial charge in [-0.2, -0.15) is 8.42 Å². The first-order valence-electron chi connectivity index (χ1n) is 5.43. The lowest BCUT2D eigenvalue weighted by Crippen LogP contribution is -2.05. The van der Waals surface area contributed by atoms with Crippen molar-refractivity contribution < 1.29 is 17.4 Å². The largest absolute Gasteiger partial charge is 0.447 e. The van der Waals surface area contributed by atoms with E-state index < -0.39 is 10.1 Å². The zero-order chi connectivity index (χ0) is 12.3. The van der Waals surface area contributed by atoms with E-state index in [1.54, 1.807) is 6.07 Å². The van der Waals surface area contributed by atoms with Crippen molar-refractivity contribution in [2.45, 2.75) is 44.6 Å². The lowest BCUT2D eigenvalue weighted by molar-refractivity contribution is 0.328. The van der Waals surface area contributed by atoms with Gasteiger partial charge in [0, 0.05) is 5.92 Å². The molecule has 0 aromatic carbocycles. The highest BCUT2D eigenvalue weighted by Crippen LogP contribution is 2.31. The SMILES string of the molecule is CCCC(c1ccc(S(=O)(=O)O)o1)C(C)C. The summed E-state index contributed by atoms with van der Waals surface area (Å²) >= 11 is 0. The van der Waals surface area contributed by atoms with Crippen molar-refractivity contribution >= 4 is 10.1 Å². The molecule has 0 aliphatic carbocycles. The van der Waals surface area contributed by atoms with Crippen LogP contribution in [0.1, 0.15) is 45.3 Å². The Hall–Kier alpha value is -0.810. The number of furan rings is 1. The summed E-state index contributed by atoms with van der Waals surface area (Å²) in [5.41, 5.74) is 0. The van der Waals surface area contributed by atoms with E-state index in [0.29, 0.717) is 11.7 Å². The first-order chi connectivity index (χ1) is 7.36.